The van der Waals surface area contributed by atoms with Gasteiger partial charge in [0.15, 0.2) is 9.84 Å². The number of amides is 1. The van der Waals surface area contributed by atoms with Crippen LogP contribution in [-0.4, -0.2) is 57.1 Å². The topological polar surface area (TPSA) is 70.6 Å². The van der Waals surface area contributed by atoms with Crippen LogP contribution in [0.1, 0.15) is 12.8 Å². The fourth-order valence-corrected chi connectivity index (χ4v) is 2.70. The van der Waals surface area contributed by atoms with E-state index in [1.165, 1.54) is 6.20 Å². The SMILES string of the molecule is CN(CCN1CCCC1=O)c1ccc(S(C)(=O)=O)cn1. The first-order chi connectivity index (χ1) is 9.38. The molecular formula is C13H19N3O3S. The Morgan fingerprint density at radius 1 is 1.40 bits per heavy atom. The molecule has 0 atom stereocenters. The lowest BCUT2D eigenvalue weighted by atomic mass is 10.4. The van der Waals surface area contributed by atoms with Gasteiger partial charge < -0.3 is 9.80 Å². The maximum Gasteiger partial charge on any atom is 0.222 e. The van der Waals surface area contributed by atoms with E-state index in [1.807, 2.05) is 16.8 Å². The number of pyridine rings is 1. The number of nitrogens with zero attached hydrogens (tertiary/aromatic N) is 3. The Kier molecular flexibility index (Phi) is 4.27. The van der Waals surface area contributed by atoms with Crippen LogP contribution < -0.4 is 4.90 Å². The van der Waals surface area contributed by atoms with E-state index >= 15 is 0 Å². The van der Waals surface area contributed by atoms with Crippen molar-refractivity contribution in [1.29, 1.82) is 0 Å². The molecule has 0 bridgehead atoms. The summed E-state index contributed by atoms with van der Waals surface area (Å²) in [6, 6.07) is 3.23. The van der Waals surface area contributed by atoms with Gasteiger partial charge in [0.25, 0.3) is 0 Å². The molecule has 1 aliphatic rings. The Bertz CT molecular complexity index is 583. The van der Waals surface area contributed by atoms with Gasteiger partial charge in [-0.05, 0) is 18.6 Å². The minimum atomic E-state index is -3.21. The number of sulfone groups is 1. The number of rotatable bonds is 5. The molecule has 1 aliphatic heterocycles. The van der Waals surface area contributed by atoms with Crippen molar-refractivity contribution >= 4 is 21.6 Å². The molecule has 0 spiro atoms. The summed E-state index contributed by atoms with van der Waals surface area (Å²) in [7, 11) is -1.33. The van der Waals surface area contributed by atoms with E-state index < -0.39 is 9.84 Å². The van der Waals surface area contributed by atoms with Crippen molar-refractivity contribution in [3.63, 3.8) is 0 Å². The maximum absolute atomic E-state index is 11.5. The van der Waals surface area contributed by atoms with Crippen molar-refractivity contribution in [2.75, 3.05) is 37.8 Å². The Labute approximate surface area is 119 Å². The molecular weight excluding hydrogens is 278 g/mol. The predicted octanol–water partition coefficient (Wildman–Crippen LogP) is 0.544. The van der Waals surface area contributed by atoms with Gasteiger partial charge in [-0.3, -0.25) is 4.79 Å². The zero-order valence-corrected chi connectivity index (χ0v) is 12.6. The highest BCUT2D eigenvalue weighted by Crippen LogP contribution is 2.14. The fourth-order valence-electron chi connectivity index (χ4n) is 2.14. The fraction of sp³-hybridized carbons (Fsp3) is 0.538. The maximum atomic E-state index is 11.5. The number of carbonyl (C=O) groups is 1. The number of carbonyl (C=O) groups excluding carboxylic acids is 1. The minimum absolute atomic E-state index is 0.207. The van der Waals surface area contributed by atoms with Crippen LogP contribution in [-0.2, 0) is 14.6 Å². The Morgan fingerprint density at radius 2 is 2.15 bits per heavy atom. The summed E-state index contributed by atoms with van der Waals surface area (Å²) in [6.45, 7) is 2.18. The first-order valence-corrected chi connectivity index (χ1v) is 8.42. The van der Waals surface area contributed by atoms with Crippen molar-refractivity contribution in [3.8, 4) is 0 Å². The lowest BCUT2D eigenvalue weighted by Gasteiger charge is -2.22. The summed E-state index contributed by atoms with van der Waals surface area (Å²) < 4.78 is 22.7. The van der Waals surface area contributed by atoms with E-state index in [0.717, 1.165) is 19.2 Å². The van der Waals surface area contributed by atoms with Crippen LogP contribution in [0.2, 0.25) is 0 Å². The Hall–Kier alpha value is -1.63. The lowest BCUT2D eigenvalue weighted by Crippen LogP contribution is -2.34. The highest BCUT2D eigenvalue weighted by Gasteiger charge is 2.20. The molecule has 1 amide bonds. The van der Waals surface area contributed by atoms with Crippen molar-refractivity contribution < 1.29 is 13.2 Å². The van der Waals surface area contributed by atoms with Crippen molar-refractivity contribution in [2.45, 2.75) is 17.7 Å². The molecule has 0 aromatic carbocycles. The van der Waals surface area contributed by atoms with Crippen LogP contribution in [0, 0.1) is 0 Å². The largest absolute Gasteiger partial charge is 0.358 e. The van der Waals surface area contributed by atoms with Gasteiger partial charge in [-0.15, -0.1) is 0 Å². The van der Waals surface area contributed by atoms with Crippen LogP contribution >= 0.6 is 0 Å². The number of aromatic nitrogens is 1. The minimum Gasteiger partial charge on any atom is -0.358 e. The molecule has 110 valence electrons. The van der Waals surface area contributed by atoms with Gasteiger partial charge in [0, 0.05) is 45.6 Å². The second-order valence-corrected chi connectivity index (χ2v) is 7.05. The highest BCUT2D eigenvalue weighted by atomic mass is 32.2. The van der Waals surface area contributed by atoms with Gasteiger partial charge in [0.05, 0.1) is 4.90 Å². The van der Waals surface area contributed by atoms with E-state index in [2.05, 4.69) is 4.98 Å². The van der Waals surface area contributed by atoms with Gasteiger partial charge in [0.2, 0.25) is 5.91 Å². The smallest absolute Gasteiger partial charge is 0.222 e. The second-order valence-electron chi connectivity index (χ2n) is 5.03. The average Bonchev–Trinajstić information content (AvgIpc) is 2.81. The standard InChI is InChI=1S/C13H19N3O3S/c1-15(8-9-16-7-3-4-13(16)17)12-6-5-11(10-14-12)20(2,18)19/h5-6,10H,3-4,7-9H2,1-2H3. The number of hydrogen-bond donors (Lipinski definition) is 0. The zero-order valence-electron chi connectivity index (χ0n) is 11.7. The lowest BCUT2D eigenvalue weighted by molar-refractivity contribution is -0.127. The van der Waals surface area contributed by atoms with Crippen LogP contribution in [0.3, 0.4) is 0 Å². The summed E-state index contributed by atoms with van der Waals surface area (Å²) in [4.78, 5) is 19.6. The summed E-state index contributed by atoms with van der Waals surface area (Å²) in [5.74, 6) is 0.905. The van der Waals surface area contributed by atoms with E-state index in [-0.39, 0.29) is 10.8 Å². The number of hydrogen-bond acceptors (Lipinski definition) is 5. The van der Waals surface area contributed by atoms with E-state index in [1.54, 1.807) is 12.1 Å². The molecule has 0 saturated carbocycles. The van der Waals surface area contributed by atoms with Crippen molar-refractivity contribution in [2.24, 2.45) is 0 Å². The van der Waals surface area contributed by atoms with E-state index in [0.29, 0.717) is 25.3 Å². The van der Waals surface area contributed by atoms with Crippen LogP contribution in [0.25, 0.3) is 0 Å². The summed E-state index contributed by atoms with van der Waals surface area (Å²) >= 11 is 0. The third-order valence-electron chi connectivity index (χ3n) is 3.42. The Morgan fingerprint density at radius 3 is 2.65 bits per heavy atom. The summed E-state index contributed by atoms with van der Waals surface area (Å²) in [5, 5.41) is 0. The summed E-state index contributed by atoms with van der Waals surface area (Å²) in [5.41, 5.74) is 0. The quantitative estimate of drug-likeness (QED) is 0.793. The predicted molar refractivity (Wildman–Crippen MR) is 76.4 cm³/mol. The summed E-state index contributed by atoms with van der Waals surface area (Å²) in [6.07, 6.45) is 4.10. The first kappa shape index (κ1) is 14.8. The van der Waals surface area contributed by atoms with Gasteiger partial charge >= 0.3 is 0 Å². The van der Waals surface area contributed by atoms with Crippen LogP contribution in [0.4, 0.5) is 5.82 Å². The van der Waals surface area contributed by atoms with Gasteiger partial charge in [-0.1, -0.05) is 0 Å². The third-order valence-corrected chi connectivity index (χ3v) is 4.51. The molecule has 1 aromatic heterocycles. The van der Waals surface area contributed by atoms with Crippen LogP contribution in [0.15, 0.2) is 23.2 Å². The molecule has 0 N–H and O–H groups in total. The molecule has 7 heteroatoms. The monoisotopic (exact) mass is 297 g/mol. The number of anilines is 1. The second kappa shape index (κ2) is 5.78. The van der Waals surface area contributed by atoms with E-state index in [9.17, 15) is 13.2 Å². The molecule has 1 fully saturated rings. The molecule has 20 heavy (non-hydrogen) atoms. The Balaban J connectivity index is 1.95. The van der Waals surface area contributed by atoms with Crippen LogP contribution in [0.5, 0.6) is 0 Å². The zero-order chi connectivity index (χ0) is 14.8. The van der Waals surface area contributed by atoms with Crippen molar-refractivity contribution in [1.82, 2.24) is 9.88 Å². The number of likely N-dealkylation sites (N-methyl/N-ethyl adjacent to an activating group) is 1. The first-order valence-electron chi connectivity index (χ1n) is 6.53. The third kappa shape index (κ3) is 3.47. The molecule has 1 saturated heterocycles. The van der Waals surface area contributed by atoms with Crippen molar-refractivity contribution in [3.05, 3.63) is 18.3 Å². The van der Waals surface area contributed by atoms with Gasteiger partial charge in [-0.25, -0.2) is 13.4 Å². The normalized spacial score (nSPS) is 15.7. The molecule has 2 rings (SSSR count). The van der Waals surface area contributed by atoms with Gasteiger partial charge in [-0.2, -0.15) is 0 Å². The molecule has 0 aliphatic carbocycles. The number of likely N-dealkylation sites (tertiary alicyclic amines) is 1. The molecule has 2 heterocycles. The molecule has 6 nitrogen and oxygen atoms in total. The molecule has 1 aromatic rings. The molecule has 0 unspecified atom stereocenters. The highest BCUT2D eigenvalue weighted by molar-refractivity contribution is 7.90. The average molecular weight is 297 g/mol. The van der Waals surface area contributed by atoms with Gasteiger partial charge in [0.1, 0.15) is 5.82 Å². The van der Waals surface area contributed by atoms with E-state index in [4.69, 9.17) is 0 Å². The molecule has 0 radical (unpaired) electrons.